The van der Waals surface area contributed by atoms with Gasteiger partial charge in [-0.05, 0) is 19.4 Å². The van der Waals surface area contributed by atoms with Crippen molar-refractivity contribution in [2.24, 2.45) is 0 Å². The Bertz CT molecular complexity index is 925. The van der Waals surface area contributed by atoms with E-state index in [1.165, 1.54) is 11.3 Å². The van der Waals surface area contributed by atoms with Crippen LogP contribution in [-0.2, 0) is 11.3 Å². The highest BCUT2D eigenvalue weighted by atomic mass is 32.1. The molecule has 0 amide bonds. The minimum absolute atomic E-state index is 0.0190. The molecule has 6 heteroatoms. The quantitative estimate of drug-likeness (QED) is 0.724. The predicted molar refractivity (Wildman–Crippen MR) is 100 cm³/mol. The molecule has 3 aromatic rings. The fourth-order valence-electron chi connectivity index (χ4n) is 3.50. The van der Waals surface area contributed by atoms with Crippen LogP contribution in [0.4, 0.5) is 0 Å². The smallest absolute Gasteiger partial charge is 0.259 e. The van der Waals surface area contributed by atoms with Crippen molar-refractivity contribution in [3.05, 3.63) is 57.8 Å². The molecular weight excluding hydrogens is 334 g/mol. The van der Waals surface area contributed by atoms with Gasteiger partial charge in [0.1, 0.15) is 0 Å². The zero-order chi connectivity index (χ0) is 17.4. The maximum Gasteiger partial charge on any atom is 0.259 e. The fourth-order valence-corrected chi connectivity index (χ4v) is 4.42. The van der Waals surface area contributed by atoms with E-state index in [4.69, 9.17) is 9.72 Å². The number of rotatable bonds is 3. The largest absolute Gasteiger partial charge is 0.373 e. The molecule has 1 fully saturated rings. The molecule has 0 bridgehead atoms. The van der Waals surface area contributed by atoms with E-state index in [0.29, 0.717) is 6.54 Å². The van der Waals surface area contributed by atoms with Gasteiger partial charge in [0.25, 0.3) is 5.56 Å². The van der Waals surface area contributed by atoms with Crippen LogP contribution in [0.5, 0.6) is 0 Å². The molecule has 0 aliphatic carbocycles. The molecule has 1 aromatic carbocycles. The Hall–Kier alpha value is -2.02. The van der Waals surface area contributed by atoms with Crippen molar-refractivity contribution >= 4 is 16.3 Å². The molecule has 0 N–H and O–H groups in total. The average molecular weight is 355 g/mol. The summed E-state index contributed by atoms with van der Waals surface area (Å²) in [5, 5.41) is 2.00. The highest BCUT2D eigenvalue weighted by molar-refractivity contribution is 7.15. The number of morpholine rings is 1. The minimum Gasteiger partial charge on any atom is -0.373 e. The van der Waals surface area contributed by atoms with Crippen molar-refractivity contribution in [3.8, 4) is 11.3 Å². The number of ether oxygens (including phenoxy) is 1. The fraction of sp³-hybridized carbons (Fsp3) is 0.368. The number of fused-ring (bicyclic) bond motifs is 1. The first-order valence-corrected chi connectivity index (χ1v) is 9.41. The van der Waals surface area contributed by atoms with Gasteiger partial charge >= 0.3 is 0 Å². The summed E-state index contributed by atoms with van der Waals surface area (Å²) < 4.78 is 7.48. The second-order valence-corrected chi connectivity index (χ2v) is 7.48. The standard InChI is InChI=1S/C19H21N3O2S/c1-13-9-21(10-14(2)24-13)11-16-8-18(23)22-17(12-25-19(22)20-16)15-6-4-3-5-7-15/h3-8,12-14H,9-11H2,1-2H3/t13-,14-/m1/s1. The molecule has 25 heavy (non-hydrogen) atoms. The van der Waals surface area contributed by atoms with Gasteiger partial charge in [0.2, 0.25) is 0 Å². The number of nitrogens with zero attached hydrogens (tertiary/aromatic N) is 3. The Morgan fingerprint density at radius 3 is 2.64 bits per heavy atom. The van der Waals surface area contributed by atoms with Crippen molar-refractivity contribution in [3.63, 3.8) is 0 Å². The Morgan fingerprint density at radius 1 is 1.20 bits per heavy atom. The van der Waals surface area contributed by atoms with E-state index in [1.807, 2.05) is 35.7 Å². The van der Waals surface area contributed by atoms with Crippen molar-refractivity contribution < 1.29 is 4.74 Å². The van der Waals surface area contributed by atoms with E-state index in [-0.39, 0.29) is 17.8 Å². The second kappa shape index (κ2) is 6.71. The second-order valence-electron chi connectivity index (χ2n) is 6.64. The number of hydrogen-bond donors (Lipinski definition) is 0. The molecule has 5 nitrogen and oxygen atoms in total. The summed E-state index contributed by atoms with van der Waals surface area (Å²) in [5.41, 5.74) is 2.74. The number of aromatic nitrogens is 2. The molecule has 0 spiro atoms. The van der Waals surface area contributed by atoms with Crippen LogP contribution in [0.15, 0.2) is 46.6 Å². The third-order valence-corrected chi connectivity index (χ3v) is 5.23. The van der Waals surface area contributed by atoms with E-state index in [1.54, 1.807) is 10.5 Å². The van der Waals surface area contributed by atoms with Gasteiger partial charge in [0, 0.05) is 31.1 Å². The molecule has 0 radical (unpaired) electrons. The van der Waals surface area contributed by atoms with Crippen LogP contribution in [0, 0.1) is 0 Å². The monoisotopic (exact) mass is 355 g/mol. The summed E-state index contributed by atoms with van der Waals surface area (Å²) in [7, 11) is 0. The normalized spacial score (nSPS) is 21.7. The lowest BCUT2D eigenvalue weighted by Crippen LogP contribution is -2.45. The van der Waals surface area contributed by atoms with Gasteiger partial charge in [0.05, 0.1) is 23.6 Å². The van der Waals surface area contributed by atoms with Gasteiger partial charge in [-0.3, -0.25) is 14.1 Å². The van der Waals surface area contributed by atoms with E-state index in [0.717, 1.165) is 35.0 Å². The van der Waals surface area contributed by atoms with Gasteiger partial charge in [-0.2, -0.15) is 0 Å². The lowest BCUT2D eigenvalue weighted by molar-refractivity contribution is -0.0707. The first-order valence-electron chi connectivity index (χ1n) is 8.53. The molecule has 1 aliphatic rings. The third kappa shape index (κ3) is 3.38. The highest BCUT2D eigenvalue weighted by Gasteiger charge is 2.23. The van der Waals surface area contributed by atoms with Crippen LogP contribution in [0.2, 0.25) is 0 Å². The minimum atomic E-state index is -0.0190. The average Bonchev–Trinajstić information content (AvgIpc) is 2.99. The first-order chi connectivity index (χ1) is 12.1. The van der Waals surface area contributed by atoms with Crippen molar-refractivity contribution in [2.75, 3.05) is 13.1 Å². The molecule has 4 rings (SSSR count). The lowest BCUT2D eigenvalue weighted by atomic mass is 10.2. The SMILES string of the molecule is C[C@@H]1CN(Cc2cc(=O)n3c(-c4ccccc4)csc3n2)C[C@@H](C)O1. The summed E-state index contributed by atoms with van der Waals surface area (Å²) in [4.78, 5) is 20.5. The summed E-state index contributed by atoms with van der Waals surface area (Å²) in [6.07, 6.45) is 0.417. The van der Waals surface area contributed by atoms with Gasteiger partial charge in [0.15, 0.2) is 4.96 Å². The molecule has 130 valence electrons. The van der Waals surface area contributed by atoms with E-state index in [9.17, 15) is 4.79 Å². The summed E-state index contributed by atoms with van der Waals surface area (Å²) in [5.74, 6) is 0. The van der Waals surface area contributed by atoms with Crippen LogP contribution in [0.3, 0.4) is 0 Å². The molecular formula is C19H21N3O2S. The van der Waals surface area contributed by atoms with Crippen molar-refractivity contribution in [1.82, 2.24) is 14.3 Å². The Kier molecular flexibility index (Phi) is 4.41. The summed E-state index contributed by atoms with van der Waals surface area (Å²) >= 11 is 1.51. The van der Waals surface area contributed by atoms with Crippen molar-refractivity contribution in [2.45, 2.75) is 32.6 Å². The molecule has 0 saturated carbocycles. The Labute approximate surface area is 150 Å². The third-order valence-electron chi connectivity index (χ3n) is 4.41. The number of hydrogen-bond acceptors (Lipinski definition) is 5. The van der Waals surface area contributed by atoms with Crippen LogP contribution in [-0.4, -0.2) is 39.6 Å². The topological polar surface area (TPSA) is 46.8 Å². The molecule has 2 aromatic heterocycles. The molecule has 3 heterocycles. The van der Waals surface area contributed by atoms with Crippen molar-refractivity contribution in [1.29, 1.82) is 0 Å². The highest BCUT2D eigenvalue weighted by Crippen LogP contribution is 2.24. The van der Waals surface area contributed by atoms with Crippen LogP contribution < -0.4 is 5.56 Å². The number of thiazole rings is 1. The van der Waals surface area contributed by atoms with Crippen LogP contribution in [0.1, 0.15) is 19.5 Å². The predicted octanol–water partition coefficient (Wildman–Crippen LogP) is 3.03. The van der Waals surface area contributed by atoms with Gasteiger partial charge in [-0.15, -0.1) is 11.3 Å². The summed E-state index contributed by atoms with van der Waals surface area (Å²) in [6.45, 7) is 6.58. The van der Waals surface area contributed by atoms with E-state index >= 15 is 0 Å². The Balaban J connectivity index is 1.66. The molecule has 0 unspecified atom stereocenters. The first kappa shape index (κ1) is 16.4. The van der Waals surface area contributed by atoms with Crippen LogP contribution >= 0.6 is 11.3 Å². The molecule has 2 atom stereocenters. The van der Waals surface area contributed by atoms with Gasteiger partial charge < -0.3 is 4.74 Å². The summed E-state index contributed by atoms with van der Waals surface area (Å²) in [6, 6.07) is 11.6. The zero-order valence-corrected chi connectivity index (χ0v) is 15.2. The maximum atomic E-state index is 12.7. The van der Waals surface area contributed by atoms with Crippen LogP contribution in [0.25, 0.3) is 16.2 Å². The number of benzene rings is 1. The van der Waals surface area contributed by atoms with Gasteiger partial charge in [-0.1, -0.05) is 30.3 Å². The van der Waals surface area contributed by atoms with E-state index in [2.05, 4.69) is 18.7 Å². The lowest BCUT2D eigenvalue weighted by Gasteiger charge is -2.34. The maximum absolute atomic E-state index is 12.7. The molecule has 1 saturated heterocycles. The van der Waals surface area contributed by atoms with E-state index < -0.39 is 0 Å². The zero-order valence-electron chi connectivity index (χ0n) is 14.4. The van der Waals surface area contributed by atoms with Gasteiger partial charge in [-0.25, -0.2) is 4.98 Å². The molecule has 1 aliphatic heterocycles. The Morgan fingerprint density at radius 2 is 1.92 bits per heavy atom.